The minimum Gasteiger partial charge on any atom is -0.445 e. The van der Waals surface area contributed by atoms with Gasteiger partial charge in [-0.25, -0.2) is 4.79 Å². The normalized spacial score (nSPS) is 18.0. The Kier molecular flexibility index (Phi) is 6.98. The fourth-order valence-corrected chi connectivity index (χ4v) is 2.86. The van der Waals surface area contributed by atoms with Crippen LogP contribution in [0.15, 0.2) is 30.3 Å². The number of carbonyl (C=O) groups excluding carboxylic acids is 3. The fourth-order valence-electron chi connectivity index (χ4n) is 2.86. The highest BCUT2D eigenvalue weighted by Gasteiger charge is 2.28. The standard InChI is InChI=1S/C19H26N2O4/c1-13(2)17(18(23)20-11-15-9-6-10-16(15)22)21-19(24)25-12-14-7-4-3-5-8-14/h3-5,7-8,13,15,17H,6,9-12H2,1-2H3,(H,20,23)(H,21,24)/t15?,17-/m0/s1. The highest BCUT2D eigenvalue weighted by atomic mass is 16.5. The smallest absolute Gasteiger partial charge is 0.408 e. The maximum absolute atomic E-state index is 12.4. The van der Waals surface area contributed by atoms with Crippen LogP contribution in [0.5, 0.6) is 0 Å². The molecule has 2 N–H and O–H groups in total. The van der Waals surface area contributed by atoms with Crippen LogP contribution in [-0.2, 0) is 20.9 Å². The highest BCUT2D eigenvalue weighted by molar-refractivity contribution is 5.87. The quantitative estimate of drug-likeness (QED) is 0.794. The van der Waals surface area contributed by atoms with Gasteiger partial charge < -0.3 is 15.4 Å². The van der Waals surface area contributed by atoms with E-state index in [2.05, 4.69) is 10.6 Å². The number of ketones is 1. The van der Waals surface area contributed by atoms with E-state index in [1.54, 1.807) is 0 Å². The van der Waals surface area contributed by atoms with Gasteiger partial charge in [-0.05, 0) is 24.3 Å². The van der Waals surface area contributed by atoms with Gasteiger partial charge in [0, 0.05) is 18.9 Å². The summed E-state index contributed by atoms with van der Waals surface area (Å²) in [5.74, 6) is -0.270. The van der Waals surface area contributed by atoms with Crippen molar-refractivity contribution in [1.82, 2.24) is 10.6 Å². The number of hydrogen-bond acceptors (Lipinski definition) is 4. The van der Waals surface area contributed by atoms with Gasteiger partial charge in [-0.1, -0.05) is 44.2 Å². The van der Waals surface area contributed by atoms with Crippen LogP contribution in [0.1, 0.15) is 38.7 Å². The Morgan fingerprint density at radius 1 is 1.24 bits per heavy atom. The largest absolute Gasteiger partial charge is 0.445 e. The van der Waals surface area contributed by atoms with Gasteiger partial charge in [0.05, 0.1) is 0 Å². The van der Waals surface area contributed by atoms with Gasteiger partial charge >= 0.3 is 6.09 Å². The summed E-state index contributed by atoms with van der Waals surface area (Å²) < 4.78 is 5.17. The third-order valence-corrected chi connectivity index (χ3v) is 4.39. The van der Waals surface area contributed by atoms with Crippen molar-refractivity contribution in [2.24, 2.45) is 11.8 Å². The Bertz CT molecular complexity index is 601. The molecule has 1 unspecified atom stereocenters. The Hall–Kier alpha value is -2.37. The zero-order valence-electron chi connectivity index (χ0n) is 14.8. The molecule has 0 spiro atoms. The number of carbonyl (C=O) groups is 3. The van der Waals surface area contributed by atoms with E-state index in [0.29, 0.717) is 13.0 Å². The number of rotatable bonds is 7. The van der Waals surface area contributed by atoms with Crippen molar-refractivity contribution >= 4 is 17.8 Å². The second kappa shape index (κ2) is 9.20. The second-order valence-electron chi connectivity index (χ2n) is 6.73. The molecule has 1 aromatic carbocycles. The molecule has 2 atom stereocenters. The van der Waals surface area contributed by atoms with Gasteiger partial charge in [0.25, 0.3) is 0 Å². The van der Waals surface area contributed by atoms with Crippen molar-refractivity contribution in [2.75, 3.05) is 6.54 Å². The fraction of sp³-hybridized carbons (Fsp3) is 0.526. The van der Waals surface area contributed by atoms with Crippen LogP contribution in [-0.4, -0.2) is 30.4 Å². The monoisotopic (exact) mass is 346 g/mol. The summed E-state index contributed by atoms with van der Waals surface area (Å²) in [6.45, 7) is 4.18. The molecule has 1 aliphatic carbocycles. The first kappa shape index (κ1) is 19.0. The molecular formula is C19H26N2O4. The molecule has 1 fully saturated rings. The average Bonchev–Trinajstić information content (AvgIpc) is 3.01. The number of benzene rings is 1. The topological polar surface area (TPSA) is 84.5 Å². The Labute approximate surface area is 148 Å². The van der Waals surface area contributed by atoms with Gasteiger partial charge in [-0.15, -0.1) is 0 Å². The van der Waals surface area contributed by atoms with Gasteiger partial charge in [-0.3, -0.25) is 9.59 Å². The molecule has 1 aliphatic rings. The maximum atomic E-state index is 12.4. The SMILES string of the molecule is CC(C)[C@H](NC(=O)OCc1ccccc1)C(=O)NCC1CCCC1=O. The van der Waals surface area contributed by atoms with Gasteiger partial charge in [0.2, 0.25) is 5.91 Å². The highest BCUT2D eigenvalue weighted by Crippen LogP contribution is 2.20. The first-order valence-electron chi connectivity index (χ1n) is 8.75. The van der Waals surface area contributed by atoms with Gasteiger partial charge in [0.15, 0.2) is 0 Å². The maximum Gasteiger partial charge on any atom is 0.408 e. The first-order valence-corrected chi connectivity index (χ1v) is 8.75. The van der Waals surface area contributed by atoms with Crippen molar-refractivity contribution in [3.8, 4) is 0 Å². The summed E-state index contributed by atoms with van der Waals surface area (Å²) >= 11 is 0. The average molecular weight is 346 g/mol. The molecule has 136 valence electrons. The molecule has 6 heteroatoms. The molecule has 0 saturated heterocycles. The van der Waals surface area contributed by atoms with Crippen LogP contribution >= 0.6 is 0 Å². The van der Waals surface area contributed by atoms with E-state index < -0.39 is 12.1 Å². The molecule has 6 nitrogen and oxygen atoms in total. The molecule has 2 amide bonds. The minimum atomic E-state index is -0.695. The molecule has 0 aromatic heterocycles. The van der Waals surface area contributed by atoms with Crippen molar-refractivity contribution in [3.05, 3.63) is 35.9 Å². The zero-order valence-corrected chi connectivity index (χ0v) is 14.8. The molecule has 0 aliphatic heterocycles. The van der Waals surface area contributed by atoms with E-state index in [1.165, 1.54) is 0 Å². The number of alkyl carbamates (subject to hydrolysis) is 1. The lowest BCUT2D eigenvalue weighted by Crippen LogP contribution is -2.50. The summed E-state index contributed by atoms with van der Waals surface area (Å²) in [5.41, 5.74) is 0.878. The van der Waals surface area contributed by atoms with E-state index in [1.807, 2.05) is 44.2 Å². The number of hydrogen-bond donors (Lipinski definition) is 2. The summed E-state index contributed by atoms with van der Waals surface area (Å²) in [6.07, 6.45) is 1.67. The van der Waals surface area contributed by atoms with Gasteiger partial charge in [0.1, 0.15) is 18.4 Å². The Morgan fingerprint density at radius 3 is 2.56 bits per heavy atom. The molecule has 25 heavy (non-hydrogen) atoms. The number of amides is 2. The molecule has 0 radical (unpaired) electrons. The lowest BCUT2D eigenvalue weighted by molar-refractivity contribution is -0.125. The Balaban J connectivity index is 1.81. The van der Waals surface area contributed by atoms with Crippen molar-refractivity contribution in [2.45, 2.75) is 45.8 Å². The van der Waals surface area contributed by atoms with Crippen LogP contribution in [0.2, 0.25) is 0 Å². The first-order chi connectivity index (χ1) is 12.0. The summed E-state index contributed by atoms with van der Waals surface area (Å²) in [5, 5.41) is 5.40. The zero-order chi connectivity index (χ0) is 18.2. The lowest BCUT2D eigenvalue weighted by Gasteiger charge is -2.22. The summed E-state index contributed by atoms with van der Waals surface area (Å²) in [6, 6.07) is 8.64. The predicted octanol–water partition coefficient (Wildman–Crippen LogP) is 2.42. The van der Waals surface area contributed by atoms with E-state index in [4.69, 9.17) is 4.74 Å². The minimum absolute atomic E-state index is 0.0939. The molecule has 0 bridgehead atoms. The van der Waals surface area contributed by atoms with E-state index in [-0.39, 0.29) is 30.1 Å². The second-order valence-corrected chi connectivity index (χ2v) is 6.73. The predicted molar refractivity (Wildman–Crippen MR) is 93.7 cm³/mol. The number of Topliss-reactive ketones (excluding diaryl/α,β-unsaturated/α-hetero) is 1. The van der Waals surface area contributed by atoms with Crippen LogP contribution in [0, 0.1) is 11.8 Å². The van der Waals surface area contributed by atoms with Crippen molar-refractivity contribution in [1.29, 1.82) is 0 Å². The molecule has 1 aromatic rings. The van der Waals surface area contributed by atoms with E-state index >= 15 is 0 Å². The number of ether oxygens (including phenoxy) is 1. The van der Waals surface area contributed by atoms with Crippen molar-refractivity contribution < 1.29 is 19.1 Å². The molecule has 1 saturated carbocycles. The molecule has 0 heterocycles. The van der Waals surface area contributed by atoms with Gasteiger partial charge in [-0.2, -0.15) is 0 Å². The van der Waals surface area contributed by atoms with Crippen LogP contribution in [0.4, 0.5) is 4.79 Å². The number of nitrogens with one attached hydrogen (secondary N) is 2. The lowest BCUT2D eigenvalue weighted by atomic mass is 10.0. The third kappa shape index (κ3) is 5.89. The van der Waals surface area contributed by atoms with E-state index in [0.717, 1.165) is 18.4 Å². The third-order valence-electron chi connectivity index (χ3n) is 4.39. The molecular weight excluding hydrogens is 320 g/mol. The van der Waals surface area contributed by atoms with Crippen LogP contribution in [0.25, 0.3) is 0 Å². The van der Waals surface area contributed by atoms with Crippen LogP contribution in [0.3, 0.4) is 0 Å². The summed E-state index contributed by atoms with van der Waals surface area (Å²) in [7, 11) is 0. The summed E-state index contributed by atoms with van der Waals surface area (Å²) in [4.78, 5) is 36.0. The Morgan fingerprint density at radius 2 is 1.96 bits per heavy atom. The molecule has 2 rings (SSSR count). The van der Waals surface area contributed by atoms with E-state index in [9.17, 15) is 14.4 Å². The van der Waals surface area contributed by atoms with Crippen LogP contribution < -0.4 is 10.6 Å². The van der Waals surface area contributed by atoms with Crippen molar-refractivity contribution in [3.63, 3.8) is 0 Å².